The Balaban J connectivity index is 1.76. The molecule has 0 spiro atoms. The number of anilines is 1. The molecule has 1 heterocycles. The average molecular weight is 369 g/mol. The summed E-state index contributed by atoms with van der Waals surface area (Å²) < 4.78 is 5.34. The summed E-state index contributed by atoms with van der Waals surface area (Å²) in [5.41, 5.74) is 1.81. The Labute approximate surface area is 158 Å². The normalized spacial score (nSPS) is 15.2. The van der Waals surface area contributed by atoms with Crippen LogP contribution < -0.4 is 10.2 Å². The van der Waals surface area contributed by atoms with Crippen molar-refractivity contribution < 1.29 is 14.5 Å². The van der Waals surface area contributed by atoms with Crippen molar-refractivity contribution in [2.75, 3.05) is 37.7 Å². The van der Waals surface area contributed by atoms with Crippen LogP contribution in [0.3, 0.4) is 0 Å². The van der Waals surface area contributed by atoms with Crippen LogP contribution in [-0.4, -0.2) is 43.7 Å². The van der Waals surface area contributed by atoms with E-state index >= 15 is 0 Å². The molecule has 1 atom stereocenters. The Morgan fingerprint density at radius 1 is 1.22 bits per heavy atom. The molecule has 1 N–H and O–H groups in total. The summed E-state index contributed by atoms with van der Waals surface area (Å²) in [6, 6.07) is 14.5. The van der Waals surface area contributed by atoms with Gasteiger partial charge in [0.05, 0.1) is 18.1 Å². The zero-order valence-corrected chi connectivity index (χ0v) is 15.3. The smallest absolute Gasteiger partial charge is 0.282 e. The number of nitro groups is 1. The zero-order chi connectivity index (χ0) is 19.2. The molecule has 27 heavy (non-hydrogen) atoms. The summed E-state index contributed by atoms with van der Waals surface area (Å²) in [6.45, 7) is 5.02. The number of benzene rings is 2. The summed E-state index contributed by atoms with van der Waals surface area (Å²) in [7, 11) is 0. The molecule has 0 saturated carbocycles. The number of hydrogen-bond donors (Lipinski definition) is 1. The third-order valence-corrected chi connectivity index (χ3v) is 4.74. The Kier molecular flexibility index (Phi) is 6.03. The Bertz CT molecular complexity index is 804. The molecular weight excluding hydrogens is 346 g/mol. The monoisotopic (exact) mass is 369 g/mol. The molecule has 3 rings (SSSR count). The molecule has 1 aliphatic heterocycles. The molecule has 0 aromatic heterocycles. The standard InChI is InChI=1S/C20H23N3O4/c1-15(16-5-3-2-4-6-16)14-21-20(24)18-13-17(7-8-19(18)23(25)26)22-9-11-27-12-10-22/h2-8,13,15H,9-12,14H2,1H3,(H,21,24)/t15-/m1/s1. The fraction of sp³-hybridized carbons (Fsp3) is 0.350. The molecule has 0 unspecified atom stereocenters. The third kappa shape index (κ3) is 4.62. The van der Waals surface area contributed by atoms with Crippen molar-refractivity contribution in [2.24, 2.45) is 0 Å². The number of ether oxygens (including phenoxy) is 1. The van der Waals surface area contributed by atoms with E-state index in [-0.39, 0.29) is 17.2 Å². The highest BCUT2D eigenvalue weighted by molar-refractivity contribution is 5.99. The highest BCUT2D eigenvalue weighted by atomic mass is 16.6. The van der Waals surface area contributed by atoms with Gasteiger partial charge in [-0.05, 0) is 23.6 Å². The predicted molar refractivity (Wildman–Crippen MR) is 103 cm³/mol. The molecule has 7 heteroatoms. The van der Waals surface area contributed by atoms with Gasteiger partial charge < -0.3 is 15.0 Å². The number of amides is 1. The number of carbonyl (C=O) groups excluding carboxylic acids is 1. The van der Waals surface area contributed by atoms with Crippen LogP contribution in [-0.2, 0) is 4.74 Å². The van der Waals surface area contributed by atoms with Crippen molar-refractivity contribution in [2.45, 2.75) is 12.8 Å². The van der Waals surface area contributed by atoms with E-state index in [1.165, 1.54) is 6.07 Å². The number of morpholine rings is 1. The molecule has 0 aliphatic carbocycles. The molecule has 2 aromatic carbocycles. The fourth-order valence-electron chi connectivity index (χ4n) is 3.12. The number of rotatable bonds is 6. The van der Waals surface area contributed by atoms with E-state index in [0.29, 0.717) is 32.8 Å². The highest BCUT2D eigenvalue weighted by Gasteiger charge is 2.23. The molecule has 142 valence electrons. The maximum absolute atomic E-state index is 12.7. The van der Waals surface area contributed by atoms with Gasteiger partial charge in [-0.1, -0.05) is 37.3 Å². The summed E-state index contributed by atoms with van der Waals surface area (Å²) in [4.78, 5) is 25.6. The first-order valence-corrected chi connectivity index (χ1v) is 9.00. The molecule has 2 aromatic rings. The fourth-order valence-corrected chi connectivity index (χ4v) is 3.12. The van der Waals surface area contributed by atoms with Gasteiger partial charge in [0, 0.05) is 31.4 Å². The second-order valence-corrected chi connectivity index (χ2v) is 6.58. The van der Waals surface area contributed by atoms with Crippen molar-refractivity contribution in [3.8, 4) is 0 Å². The van der Waals surface area contributed by atoms with E-state index in [4.69, 9.17) is 4.74 Å². The number of nitro benzene ring substituents is 1. The van der Waals surface area contributed by atoms with Crippen molar-refractivity contribution in [3.63, 3.8) is 0 Å². The van der Waals surface area contributed by atoms with Gasteiger partial charge in [0.2, 0.25) is 0 Å². The quantitative estimate of drug-likeness (QED) is 0.625. The average Bonchev–Trinajstić information content (AvgIpc) is 2.72. The lowest BCUT2D eigenvalue weighted by atomic mass is 10.0. The van der Waals surface area contributed by atoms with Gasteiger partial charge in [-0.2, -0.15) is 0 Å². The summed E-state index contributed by atoms with van der Waals surface area (Å²) in [5.74, 6) is -0.323. The zero-order valence-electron chi connectivity index (χ0n) is 15.3. The minimum absolute atomic E-state index is 0.0873. The van der Waals surface area contributed by atoms with Gasteiger partial charge in [0.25, 0.3) is 11.6 Å². The van der Waals surface area contributed by atoms with Crippen LogP contribution in [0, 0.1) is 10.1 Å². The van der Waals surface area contributed by atoms with Gasteiger partial charge in [-0.3, -0.25) is 14.9 Å². The SMILES string of the molecule is C[C@H](CNC(=O)c1cc(N2CCOCC2)ccc1[N+](=O)[O-])c1ccccc1. The van der Waals surface area contributed by atoms with E-state index in [0.717, 1.165) is 11.3 Å². The number of carbonyl (C=O) groups is 1. The van der Waals surface area contributed by atoms with Crippen molar-refractivity contribution in [3.05, 3.63) is 69.8 Å². The second kappa shape index (κ2) is 8.64. The van der Waals surface area contributed by atoms with E-state index in [1.54, 1.807) is 12.1 Å². The first-order valence-electron chi connectivity index (χ1n) is 9.00. The number of nitrogens with zero attached hydrogens (tertiary/aromatic N) is 2. The van der Waals surface area contributed by atoms with Crippen LogP contribution in [0.15, 0.2) is 48.5 Å². The third-order valence-electron chi connectivity index (χ3n) is 4.74. The van der Waals surface area contributed by atoms with E-state index in [2.05, 4.69) is 10.2 Å². The largest absolute Gasteiger partial charge is 0.378 e. The lowest BCUT2D eigenvalue weighted by molar-refractivity contribution is -0.385. The molecule has 7 nitrogen and oxygen atoms in total. The lowest BCUT2D eigenvalue weighted by Gasteiger charge is -2.29. The minimum Gasteiger partial charge on any atom is -0.378 e. The van der Waals surface area contributed by atoms with Crippen LogP contribution in [0.2, 0.25) is 0 Å². The number of hydrogen-bond acceptors (Lipinski definition) is 5. The van der Waals surface area contributed by atoms with E-state index in [9.17, 15) is 14.9 Å². The van der Waals surface area contributed by atoms with E-state index < -0.39 is 10.8 Å². The second-order valence-electron chi connectivity index (χ2n) is 6.58. The van der Waals surface area contributed by atoms with Gasteiger partial charge in [-0.25, -0.2) is 0 Å². The topological polar surface area (TPSA) is 84.7 Å². The minimum atomic E-state index is -0.515. The molecule has 1 aliphatic rings. The van der Waals surface area contributed by atoms with Crippen LogP contribution in [0.4, 0.5) is 11.4 Å². The Morgan fingerprint density at radius 3 is 2.59 bits per heavy atom. The Hall–Kier alpha value is -2.93. The van der Waals surface area contributed by atoms with Crippen molar-refractivity contribution in [1.29, 1.82) is 0 Å². The predicted octanol–water partition coefficient (Wildman–Crippen LogP) is 2.96. The van der Waals surface area contributed by atoms with Gasteiger partial charge in [0.1, 0.15) is 5.56 Å². The Morgan fingerprint density at radius 2 is 1.93 bits per heavy atom. The number of nitrogens with one attached hydrogen (secondary N) is 1. The highest BCUT2D eigenvalue weighted by Crippen LogP contribution is 2.26. The summed E-state index contributed by atoms with van der Waals surface area (Å²) in [5, 5.41) is 14.2. The molecule has 1 fully saturated rings. The first kappa shape index (κ1) is 18.8. The van der Waals surface area contributed by atoms with Crippen LogP contribution in [0.1, 0.15) is 28.8 Å². The van der Waals surface area contributed by atoms with Crippen molar-refractivity contribution >= 4 is 17.3 Å². The van der Waals surface area contributed by atoms with Crippen LogP contribution in [0.25, 0.3) is 0 Å². The molecular formula is C20H23N3O4. The maximum atomic E-state index is 12.7. The van der Waals surface area contributed by atoms with E-state index in [1.807, 2.05) is 37.3 Å². The first-order chi connectivity index (χ1) is 13.1. The van der Waals surface area contributed by atoms with Gasteiger partial charge in [0.15, 0.2) is 0 Å². The molecule has 0 bridgehead atoms. The summed E-state index contributed by atoms with van der Waals surface area (Å²) in [6.07, 6.45) is 0. The van der Waals surface area contributed by atoms with Crippen molar-refractivity contribution in [1.82, 2.24) is 5.32 Å². The van der Waals surface area contributed by atoms with Crippen LogP contribution >= 0.6 is 0 Å². The van der Waals surface area contributed by atoms with Gasteiger partial charge >= 0.3 is 0 Å². The lowest BCUT2D eigenvalue weighted by Crippen LogP contribution is -2.36. The molecule has 1 saturated heterocycles. The van der Waals surface area contributed by atoms with Gasteiger partial charge in [-0.15, -0.1) is 0 Å². The molecule has 0 radical (unpaired) electrons. The molecule has 1 amide bonds. The maximum Gasteiger partial charge on any atom is 0.282 e. The van der Waals surface area contributed by atoms with Crippen LogP contribution in [0.5, 0.6) is 0 Å². The summed E-state index contributed by atoms with van der Waals surface area (Å²) >= 11 is 0.